The molecule has 0 saturated carbocycles. The molecule has 0 spiro atoms. The van der Waals surface area contributed by atoms with Crippen molar-refractivity contribution in [3.63, 3.8) is 0 Å². The lowest BCUT2D eigenvalue weighted by Gasteiger charge is -2.25. The number of benzene rings is 2. The van der Waals surface area contributed by atoms with E-state index >= 15 is 0 Å². The number of carbonyl (C=O) groups excluding carboxylic acids is 7. The second-order valence-corrected chi connectivity index (χ2v) is 16.4. The van der Waals surface area contributed by atoms with Crippen molar-refractivity contribution in [2.24, 2.45) is 17.5 Å². The number of rotatable bonds is 34. The second-order valence-electron chi connectivity index (χ2n) is 16.4. The smallest absolute Gasteiger partial charge is 0.422 e. The molecular formula is C46H67N15O13. The number of imidazole rings is 1. The Labute approximate surface area is 426 Å². The number of alkyl carbamates (subject to hydrolysis) is 1. The van der Waals surface area contributed by atoms with E-state index in [0.29, 0.717) is 42.2 Å². The molecular weight excluding hydrogens is 971 g/mol. The molecule has 0 fully saturated rings. The summed E-state index contributed by atoms with van der Waals surface area (Å²) in [5.74, 6) is 3.01. The Morgan fingerprint density at radius 3 is 2.01 bits per heavy atom. The van der Waals surface area contributed by atoms with Crippen LogP contribution in [0.3, 0.4) is 0 Å². The van der Waals surface area contributed by atoms with Crippen molar-refractivity contribution in [1.82, 2.24) is 57.5 Å². The largest absolute Gasteiger partial charge is 0.471 e. The van der Waals surface area contributed by atoms with Crippen molar-refractivity contribution < 1.29 is 62.0 Å². The number of nitrogens with two attached hydrogens (primary N) is 3. The Kier molecular flexibility index (Phi) is 26.1. The fraction of sp³-hybridized carbons (Fsp3) is 0.478. The molecule has 0 bridgehead atoms. The molecule has 28 heteroatoms. The van der Waals surface area contributed by atoms with Crippen molar-refractivity contribution >= 4 is 64.6 Å². The molecule has 0 aliphatic carbocycles. The number of hydrogen-bond donors (Lipinski definition) is 12. The van der Waals surface area contributed by atoms with E-state index in [9.17, 15) is 33.6 Å². The van der Waals surface area contributed by atoms with E-state index in [2.05, 4.69) is 51.8 Å². The molecule has 2 aromatic carbocycles. The molecule has 0 aliphatic heterocycles. The maximum atomic E-state index is 13.6. The van der Waals surface area contributed by atoms with Gasteiger partial charge in [0.1, 0.15) is 31.9 Å². The molecule has 2 atom stereocenters. The molecule has 8 amide bonds. The summed E-state index contributed by atoms with van der Waals surface area (Å²) in [7, 11) is 0. The summed E-state index contributed by atoms with van der Waals surface area (Å²) in [5, 5.41) is 16.1. The average molecular weight is 1040 g/mol. The zero-order valence-corrected chi connectivity index (χ0v) is 41.3. The summed E-state index contributed by atoms with van der Waals surface area (Å²) in [5.41, 5.74) is 18.6. The fourth-order valence-electron chi connectivity index (χ4n) is 6.53. The summed E-state index contributed by atoms with van der Waals surface area (Å²) in [6.45, 7) is 5.89. The zero-order chi connectivity index (χ0) is 53.5. The van der Waals surface area contributed by atoms with Gasteiger partial charge in [-0.05, 0) is 54.0 Å². The van der Waals surface area contributed by atoms with Crippen molar-refractivity contribution in [1.29, 1.82) is 0 Å². The summed E-state index contributed by atoms with van der Waals surface area (Å²) in [6, 6.07) is 11.1. The third kappa shape index (κ3) is 23.1. The van der Waals surface area contributed by atoms with Crippen LogP contribution in [-0.4, -0.2) is 133 Å². The number of H-pyrrole nitrogens is 1. The van der Waals surface area contributed by atoms with E-state index < -0.39 is 48.0 Å². The molecule has 0 saturated heterocycles. The maximum absolute atomic E-state index is 13.6. The summed E-state index contributed by atoms with van der Waals surface area (Å²) in [6.07, 6.45) is 0.748. The van der Waals surface area contributed by atoms with Crippen LogP contribution in [0, 0.1) is 5.92 Å². The van der Waals surface area contributed by atoms with Crippen LogP contribution in [0.15, 0.2) is 54.9 Å². The first kappa shape index (κ1) is 58.6. The molecule has 2 aromatic heterocycles. The summed E-state index contributed by atoms with van der Waals surface area (Å²) >= 11 is 0. The van der Waals surface area contributed by atoms with Gasteiger partial charge in [-0.1, -0.05) is 50.2 Å². The molecule has 0 aliphatic rings. The number of nitrogen functional groups attached to an aromatic ring is 1. The van der Waals surface area contributed by atoms with Crippen LogP contribution in [0.25, 0.3) is 11.2 Å². The van der Waals surface area contributed by atoms with Crippen LogP contribution in [0.1, 0.15) is 62.6 Å². The van der Waals surface area contributed by atoms with Crippen LogP contribution in [0.5, 0.6) is 5.88 Å². The Hall–Kier alpha value is -7.92. The highest BCUT2D eigenvalue weighted by molar-refractivity contribution is 5.98. The van der Waals surface area contributed by atoms with Gasteiger partial charge in [-0.2, -0.15) is 15.5 Å². The topological polar surface area (TPSA) is 404 Å². The molecule has 4 aromatic rings. The first-order chi connectivity index (χ1) is 35.7. The number of aromatic nitrogens is 4. The van der Waals surface area contributed by atoms with Gasteiger partial charge in [0, 0.05) is 38.2 Å². The van der Waals surface area contributed by atoms with Gasteiger partial charge in [-0.15, -0.1) is 0 Å². The SMILES string of the molecule is CC(C)[C@H](NC(=O)CCCC(=O)NCc1ccc(COc2nc(N)nc3[nH]cnc23)cc1)C(=O)N[C@@H](CCCNC(N)=O)C(=O)Nc1ccc(COC(=O)NCCOCCOCCOCCOC(=O)NNN)cc1. The number of hydrogen-bond acceptors (Lipinski definition) is 19. The van der Waals surface area contributed by atoms with Gasteiger partial charge in [0.25, 0.3) is 0 Å². The van der Waals surface area contributed by atoms with E-state index in [1.54, 1.807) is 38.1 Å². The highest BCUT2D eigenvalue weighted by atomic mass is 16.6. The van der Waals surface area contributed by atoms with Crippen LogP contribution < -0.4 is 64.9 Å². The maximum Gasteiger partial charge on any atom is 0.422 e. The van der Waals surface area contributed by atoms with Gasteiger partial charge in [0.05, 0.1) is 46.0 Å². The Morgan fingerprint density at radius 2 is 1.32 bits per heavy atom. The minimum absolute atomic E-state index is 0.0287. The number of aromatic amines is 1. The van der Waals surface area contributed by atoms with Gasteiger partial charge < -0.3 is 76.8 Å². The molecule has 0 unspecified atom stereocenters. The highest BCUT2D eigenvalue weighted by Crippen LogP contribution is 2.21. The number of carbonyl (C=O) groups is 7. The Balaban J connectivity index is 1.12. The summed E-state index contributed by atoms with van der Waals surface area (Å²) < 4.78 is 31.9. The highest BCUT2D eigenvalue weighted by Gasteiger charge is 2.29. The van der Waals surface area contributed by atoms with Crippen molar-refractivity contribution in [2.45, 2.75) is 77.8 Å². The van der Waals surface area contributed by atoms with Crippen LogP contribution >= 0.6 is 0 Å². The first-order valence-electron chi connectivity index (χ1n) is 23.7. The fourth-order valence-corrected chi connectivity index (χ4v) is 6.53. The van der Waals surface area contributed by atoms with Gasteiger partial charge in [0.15, 0.2) is 11.2 Å². The minimum Gasteiger partial charge on any atom is -0.471 e. The number of nitrogens with zero attached hydrogens (tertiary/aromatic N) is 3. The lowest BCUT2D eigenvalue weighted by Crippen LogP contribution is -2.54. The molecule has 2 heterocycles. The number of amides is 8. The van der Waals surface area contributed by atoms with E-state index in [-0.39, 0.29) is 115 Å². The van der Waals surface area contributed by atoms with Gasteiger partial charge in [-0.3, -0.25) is 25.0 Å². The third-order valence-corrected chi connectivity index (χ3v) is 10.3. The molecule has 15 N–H and O–H groups in total. The van der Waals surface area contributed by atoms with Gasteiger partial charge in [0.2, 0.25) is 35.5 Å². The molecule has 28 nitrogen and oxygen atoms in total. The van der Waals surface area contributed by atoms with Crippen LogP contribution in [-0.2, 0) is 62.6 Å². The van der Waals surface area contributed by atoms with Crippen molar-refractivity contribution in [2.75, 3.05) is 70.4 Å². The molecule has 0 radical (unpaired) electrons. The lowest BCUT2D eigenvalue weighted by molar-refractivity contribution is -0.132. The van der Waals surface area contributed by atoms with Gasteiger partial charge in [-0.25, -0.2) is 24.8 Å². The van der Waals surface area contributed by atoms with E-state index in [1.807, 2.05) is 35.2 Å². The monoisotopic (exact) mass is 1040 g/mol. The standard InChI is InChI=1S/C46H67N15O13/c1-29(2)37(57-36(63)7-3-6-35(62)52-25-30-8-10-31(11-9-30)26-73-42-38-39(54-28-53-38)58-43(47)59-42)41(65)56-34(5-4-16-50-44(48)66)40(64)55-33-14-12-32(13-15-33)27-74-45(67)51-17-18-69-19-20-70-21-22-71-23-24-72-46(68)60-61-49/h8-15,28-29,34,37,61H,3-7,16-27,49H2,1-2H3,(H,51,67)(H,52,62)(H,55,64)(H,56,65)(H,57,63)(H,60,68)(H3,48,50,66)(H3,47,53,54,58,59)/t34-,37-/m0/s1. The van der Waals surface area contributed by atoms with E-state index in [0.717, 1.165) is 11.1 Å². The van der Waals surface area contributed by atoms with Crippen LogP contribution in [0.2, 0.25) is 0 Å². The number of ether oxygens (including phenoxy) is 6. The molecule has 74 heavy (non-hydrogen) atoms. The van der Waals surface area contributed by atoms with Crippen molar-refractivity contribution in [3.05, 3.63) is 71.5 Å². The minimum atomic E-state index is -1.07. The second kappa shape index (κ2) is 32.9. The normalized spacial score (nSPS) is 11.7. The van der Waals surface area contributed by atoms with Crippen LogP contribution in [0.4, 0.5) is 26.0 Å². The lowest BCUT2D eigenvalue weighted by atomic mass is 10.0. The van der Waals surface area contributed by atoms with Crippen molar-refractivity contribution in [3.8, 4) is 5.88 Å². The van der Waals surface area contributed by atoms with Gasteiger partial charge >= 0.3 is 18.2 Å². The Morgan fingerprint density at radius 1 is 0.676 bits per heavy atom. The third-order valence-electron chi connectivity index (χ3n) is 10.3. The number of urea groups is 1. The van der Waals surface area contributed by atoms with E-state index in [1.165, 1.54) is 6.33 Å². The quantitative estimate of drug-likeness (QED) is 0.0171. The first-order valence-corrected chi connectivity index (χ1v) is 23.7. The zero-order valence-electron chi connectivity index (χ0n) is 41.3. The number of nitrogens with one attached hydrogen (secondary N) is 9. The molecule has 404 valence electrons. The predicted octanol–water partition coefficient (Wildman–Crippen LogP) is 0.394. The predicted molar refractivity (Wildman–Crippen MR) is 266 cm³/mol. The summed E-state index contributed by atoms with van der Waals surface area (Å²) in [4.78, 5) is 103. The number of hydrazine groups is 2. The number of fused-ring (bicyclic) bond motifs is 1. The Bertz CT molecular complexity index is 2390. The number of anilines is 2. The van der Waals surface area contributed by atoms with E-state index in [4.69, 9.17) is 45.7 Å². The molecule has 4 rings (SSSR count). The number of primary amides is 1. The average Bonchev–Trinajstić information content (AvgIpc) is 3.85.